The van der Waals surface area contributed by atoms with Crippen LogP contribution < -0.4 is 10.9 Å². The molecule has 0 aliphatic carbocycles. The minimum atomic E-state index is -0.942. The van der Waals surface area contributed by atoms with Gasteiger partial charge in [0.2, 0.25) is 0 Å². The number of furan rings is 1. The molecule has 1 amide bonds. The second kappa shape index (κ2) is 6.51. The van der Waals surface area contributed by atoms with Crippen LogP contribution in [0.1, 0.15) is 30.6 Å². The van der Waals surface area contributed by atoms with E-state index < -0.39 is 22.9 Å². The largest absolute Gasteiger partial charge is 0.481 e. The van der Waals surface area contributed by atoms with Crippen molar-refractivity contribution in [3.8, 4) is 11.5 Å². The monoisotopic (exact) mass is 318 g/mol. The number of pyridine rings is 1. The first-order valence-corrected chi connectivity index (χ1v) is 7.10. The quantitative estimate of drug-likeness (QED) is 0.752. The number of H-pyrrole nitrogens is 1. The molecule has 0 atom stereocenters. The summed E-state index contributed by atoms with van der Waals surface area (Å²) in [6, 6.07) is 6.38. The summed E-state index contributed by atoms with van der Waals surface area (Å²) in [5.41, 5.74) is -1.03. The number of rotatable bonds is 6. The first-order chi connectivity index (χ1) is 10.8. The van der Waals surface area contributed by atoms with Gasteiger partial charge in [0, 0.05) is 6.54 Å². The Labute approximate surface area is 132 Å². The molecular formula is C16H18N2O5. The molecule has 23 heavy (non-hydrogen) atoms. The Balaban J connectivity index is 2.03. The zero-order valence-corrected chi connectivity index (χ0v) is 12.9. The van der Waals surface area contributed by atoms with Gasteiger partial charge >= 0.3 is 5.97 Å². The molecule has 0 spiro atoms. The van der Waals surface area contributed by atoms with Crippen molar-refractivity contribution in [1.29, 1.82) is 0 Å². The maximum Gasteiger partial charge on any atom is 0.309 e. The lowest BCUT2D eigenvalue weighted by Gasteiger charge is -2.18. The Bertz CT molecular complexity index is 759. The lowest BCUT2D eigenvalue weighted by Crippen LogP contribution is -2.34. The molecule has 2 aromatic rings. The number of hydrogen-bond acceptors (Lipinski definition) is 4. The van der Waals surface area contributed by atoms with E-state index in [0.29, 0.717) is 11.5 Å². The minimum absolute atomic E-state index is 0.0339. The van der Waals surface area contributed by atoms with Gasteiger partial charge in [0.1, 0.15) is 11.3 Å². The summed E-state index contributed by atoms with van der Waals surface area (Å²) in [6.45, 7) is 3.32. The second-order valence-electron chi connectivity index (χ2n) is 5.79. The van der Waals surface area contributed by atoms with Crippen LogP contribution in [0.5, 0.6) is 0 Å². The number of carboxylic acids is 1. The van der Waals surface area contributed by atoms with Crippen molar-refractivity contribution in [1.82, 2.24) is 10.3 Å². The van der Waals surface area contributed by atoms with Crippen LogP contribution >= 0.6 is 0 Å². The van der Waals surface area contributed by atoms with Gasteiger partial charge in [0.05, 0.1) is 17.4 Å². The van der Waals surface area contributed by atoms with Crippen LogP contribution in [0.3, 0.4) is 0 Å². The van der Waals surface area contributed by atoms with Crippen LogP contribution in [0.4, 0.5) is 0 Å². The summed E-state index contributed by atoms with van der Waals surface area (Å²) in [7, 11) is 0. The molecule has 0 aromatic carbocycles. The van der Waals surface area contributed by atoms with E-state index in [0.717, 1.165) is 0 Å². The molecule has 0 saturated heterocycles. The number of carbonyl (C=O) groups excluding carboxylic acids is 1. The summed E-state index contributed by atoms with van der Waals surface area (Å²) in [4.78, 5) is 37.6. The van der Waals surface area contributed by atoms with Crippen LogP contribution in [-0.4, -0.2) is 28.5 Å². The summed E-state index contributed by atoms with van der Waals surface area (Å²) >= 11 is 0. The van der Waals surface area contributed by atoms with Gasteiger partial charge in [0.25, 0.3) is 11.5 Å². The van der Waals surface area contributed by atoms with E-state index in [1.807, 2.05) is 0 Å². The van der Waals surface area contributed by atoms with Gasteiger partial charge in [-0.1, -0.05) is 0 Å². The fourth-order valence-corrected chi connectivity index (χ4v) is 1.92. The van der Waals surface area contributed by atoms with Crippen molar-refractivity contribution >= 4 is 11.9 Å². The molecule has 0 saturated carbocycles. The maximum atomic E-state index is 12.0. The summed E-state index contributed by atoms with van der Waals surface area (Å²) in [5, 5.41) is 11.6. The molecule has 0 bridgehead atoms. The number of aromatic nitrogens is 1. The topological polar surface area (TPSA) is 112 Å². The van der Waals surface area contributed by atoms with Gasteiger partial charge in [-0.05, 0) is 44.5 Å². The van der Waals surface area contributed by atoms with Gasteiger partial charge in [-0.25, -0.2) is 0 Å². The zero-order valence-electron chi connectivity index (χ0n) is 12.9. The first kappa shape index (κ1) is 16.5. The van der Waals surface area contributed by atoms with Crippen LogP contribution in [-0.2, 0) is 4.79 Å². The fourth-order valence-electron chi connectivity index (χ4n) is 1.92. The molecule has 2 heterocycles. The number of carboxylic acid groups (broad SMARTS) is 1. The number of amides is 1. The Morgan fingerprint density at radius 1 is 1.30 bits per heavy atom. The van der Waals surface area contributed by atoms with E-state index in [1.54, 1.807) is 32.0 Å². The molecule has 0 unspecified atom stereocenters. The van der Waals surface area contributed by atoms with Gasteiger partial charge < -0.3 is 19.8 Å². The molecular weight excluding hydrogens is 300 g/mol. The zero-order chi connectivity index (χ0) is 17.0. The second-order valence-corrected chi connectivity index (χ2v) is 5.79. The highest BCUT2D eigenvalue weighted by atomic mass is 16.4. The third-order valence-corrected chi connectivity index (χ3v) is 3.56. The summed E-state index contributed by atoms with van der Waals surface area (Å²) in [6.07, 6.45) is 1.74. The molecule has 0 aliphatic heterocycles. The lowest BCUT2D eigenvalue weighted by atomic mass is 9.90. The van der Waals surface area contributed by atoms with E-state index in [4.69, 9.17) is 9.52 Å². The molecule has 2 aromatic heterocycles. The fraction of sp³-hybridized carbons (Fsp3) is 0.312. The number of carbonyl (C=O) groups is 2. The third-order valence-electron chi connectivity index (χ3n) is 3.56. The molecule has 7 heteroatoms. The number of hydrogen-bond donors (Lipinski definition) is 3. The normalized spacial score (nSPS) is 11.2. The van der Waals surface area contributed by atoms with Gasteiger partial charge in [-0.3, -0.25) is 14.4 Å². The van der Waals surface area contributed by atoms with Crippen molar-refractivity contribution < 1.29 is 19.1 Å². The number of nitrogens with one attached hydrogen (secondary N) is 2. The van der Waals surface area contributed by atoms with Crippen LogP contribution in [0.25, 0.3) is 11.5 Å². The summed E-state index contributed by atoms with van der Waals surface area (Å²) < 4.78 is 5.17. The Kier molecular flexibility index (Phi) is 4.68. The van der Waals surface area contributed by atoms with E-state index in [-0.39, 0.29) is 18.5 Å². The standard InChI is InChI=1S/C16H18N2O5/c1-16(2,15(21)22)7-8-17-13(19)10-5-6-11(18-14(10)20)12-4-3-9-23-12/h3-6,9H,7-8H2,1-2H3,(H,17,19)(H,18,20)(H,21,22). The first-order valence-electron chi connectivity index (χ1n) is 7.10. The SMILES string of the molecule is CC(C)(CCNC(=O)c1ccc(-c2ccco2)[nH]c1=O)C(=O)O. The molecule has 122 valence electrons. The third kappa shape index (κ3) is 3.88. The highest BCUT2D eigenvalue weighted by Gasteiger charge is 2.26. The van der Waals surface area contributed by atoms with Crippen molar-refractivity contribution in [3.05, 3.63) is 46.4 Å². The van der Waals surface area contributed by atoms with Crippen LogP contribution in [0.2, 0.25) is 0 Å². The highest BCUT2D eigenvalue weighted by Crippen LogP contribution is 2.19. The van der Waals surface area contributed by atoms with E-state index in [1.165, 1.54) is 12.3 Å². The number of aliphatic carboxylic acids is 1. The van der Waals surface area contributed by atoms with E-state index in [9.17, 15) is 14.4 Å². The smallest absolute Gasteiger partial charge is 0.309 e. The molecule has 0 radical (unpaired) electrons. The molecule has 3 N–H and O–H groups in total. The highest BCUT2D eigenvalue weighted by molar-refractivity contribution is 5.94. The molecule has 7 nitrogen and oxygen atoms in total. The van der Waals surface area contributed by atoms with Crippen molar-refractivity contribution in [2.45, 2.75) is 20.3 Å². The predicted octanol–water partition coefficient (Wildman–Crippen LogP) is 1.87. The summed E-state index contributed by atoms with van der Waals surface area (Å²) in [5.74, 6) is -0.983. The average molecular weight is 318 g/mol. The molecule has 0 aliphatic rings. The van der Waals surface area contributed by atoms with Crippen LogP contribution in [0.15, 0.2) is 39.7 Å². The molecule has 0 fully saturated rings. The van der Waals surface area contributed by atoms with E-state index >= 15 is 0 Å². The maximum absolute atomic E-state index is 12.0. The van der Waals surface area contributed by atoms with Gasteiger partial charge in [-0.15, -0.1) is 0 Å². The van der Waals surface area contributed by atoms with E-state index in [2.05, 4.69) is 10.3 Å². The lowest BCUT2D eigenvalue weighted by molar-refractivity contribution is -0.147. The molecule has 2 rings (SSSR count). The average Bonchev–Trinajstić information content (AvgIpc) is 3.00. The number of aromatic amines is 1. The Morgan fingerprint density at radius 2 is 2.04 bits per heavy atom. The van der Waals surface area contributed by atoms with Gasteiger partial charge in [-0.2, -0.15) is 0 Å². The van der Waals surface area contributed by atoms with Crippen molar-refractivity contribution in [2.24, 2.45) is 5.41 Å². The Morgan fingerprint density at radius 3 is 2.61 bits per heavy atom. The minimum Gasteiger partial charge on any atom is -0.481 e. The predicted molar refractivity (Wildman–Crippen MR) is 83.1 cm³/mol. The van der Waals surface area contributed by atoms with Gasteiger partial charge in [0.15, 0.2) is 0 Å². The Hall–Kier alpha value is -2.83. The van der Waals surface area contributed by atoms with Crippen molar-refractivity contribution in [3.63, 3.8) is 0 Å². The van der Waals surface area contributed by atoms with Crippen molar-refractivity contribution in [2.75, 3.05) is 6.54 Å². The van der Waals surface area contributed by atoms with Crippen LogP contribution in [0, 0.1) is 5.41 Å².